The molecule has 3 heterocycles. The predicted octanol–water partition coefficient (Wildman–Crippen LogP) is 1.91. The lowest BCUT2D eigenvalue weighted by atomic mass is 10.1. The van der Waals surface area contributed by atoms with E-state index in [0.29, 0.717) is 31.0 Å². The van der Waals surface area contributed by atoms with Crippen molar-refractivity contribution in [2.75, 3.05) is 35.2 Å². The quantitative estimate of drug-likeness (QED) is 0.806. The van der Waals surface area contributed by atoms with Crippen LogP contribution in [0.3, 0.4) is 0 Å². The Bertz CT molecular complexity index is 958. The first-order valence-corrected chi connectivity index (χ1v) is 10.5. The van der Waals surface area contributed by atoms with Gasteiger partial charge in [-0.15, -0.1) is 0 Å². The van der Waals surface area contributed by atoms with Crippen molar-refractivity contribution in [3.05, 3.63) is 53.7 Å². The van der Waals surface area contributed by atoms with Gasteiger partial charge in [0.15, 0.2) is 9.84 Å². The predicted molar refractivity (Wildman–Crippen MR) is 102 cm³/mol. The van der Waals surface area contributed by atoms with Crippen LogP contribution < -0.4 is 9.80 Å². The molecule has 1 saturated heterocycles. The van der Waals surface area contributed by atoms with Crippen molar-refractivity contribution in [3.63, 3.8) is 0 Å². The second-order valence-electron chi connectivity index (χ2n) is 6.83. The zero-order valence-corrected chi connectivity index (χ0v) is 15.4. The maximum Gasteiger partial charge on any atom is 0.262 e. The van der Waals surface area contributed by atoms with Gasteiger partial charge >= 0.3 is 0 Å². The van der Waals surface area contributed by atoms with Crippen molar-refractivity contribution in [1.82, 2.24) is 4.98 Å². The topological polar surface area (TPSA) is 70.6 Å². The van der Waals surface area contributed by atoms with E-state index >= 15 is 0 Å². The fourth-order valence-electron chi connectivity index (χ4n) is 3.66. The van der Waals surface area contributed by atoms with E-state index in [9.17, 15) is 13.2 Å². The van der Waals surface area contributed by atoms with Crippen LogP contribution in [0.25, 0.3) is 0 Å². The van der Waals surface area contributed by atoms with E-state index in [1.165, 1.54) is 5.56 Å². The molecule has 0 bridgehead atoms. The first kappa shape index (κ1) is 17.0. The van der Waals surface area contributed by atoms with Crippen LogP contribution >= 0.6 is 0 Å². The van der Waals surface area contributed by atoms with Crippen molar-refractivity contribution in [1.29, 1.82) is 0 Å². The van der Waals surface area contributed by atoms with E-state index in [1.807, 2.05) is 29.2 Å². The van der Waals surface area contributed by atoms with E-state index in [2.05, 4.69) is 4.98 Å². The van der Waals surface area contributed by atoms with Crippen LogP contribution in [0, 0.1) is 0 Å². The minimum Gasteiger partial charge on any atom is -0.354 e. The Balaban J connectivity index is 1.66. The zero-order valence-electron chi connectivity index (χ0n) is 14.6. The molecule has 1 atom stereocenters. The maximum atomic E-state index is 13.2. The van der Waals surface area contributed by atoms with E-state index < -0.39 is 15.1 Å². The lowest BCUT2D eigenvalue weighted by Crippen LogP contribution is -2.46. The molecule has 2 aliphatic heterocycles. The number of carbonyl (C=O) groups excluding carboxylic acids is 1. The van der Waals surface area contributed by atoms with Gasteiger partial charge in [0.2, 0.25) is 0 Å². The molecular formula is C19H21N3O3S. The van der Waals surface area contributed by atoms with E-state index in [1.54, 1.807) is 30.2 Å². The van der Waals surface area contributed by atoms with Gasteiger partial charge in [0, 0.05) is 31.5 Å². The Morgan fingerprint density at radius 3 is 2.77 bits per heavy atom. The highest BCUT2D eigenvalue weighted by atomic mass is 32.2. The summed E-state index contributed by atoms with van der Waals surface area (Å²) in [5.74, 6) is 0.577. The molecule has 0 N–H and O–H groups in total. The normalized spacial score (nSPS) is 21.5. The number of aromatic nitrogens is 1. The van der Waals surface area contributed by atoms with Gasteiger partial charge in [0.05, 0.1) is 16.6 Å². The smallest absolute Gasteiger partial charge is 0.262 e. The Kier molecular flexibility index (Phi) is 4.19. The molecule has 1 unspecified atom stereocenters. The molecule has 1 amide bonds. The summed E-state index contributed by atoms with van der Waals surface area (Å²) in [6, 6.07) is 11.5. The lowest BCUT2D eigenvalue weighted by molar-refractivity contribution is 0.0989. The minimum absolute atomic E-state index is 0.0841. The zero-order chi connectivity index (χ0) is 18.3. The number of pyridine rings is 1. The van der Waals surface area contributed by atoms with Gasteiger partial charge < -0.3 is 9.80 Å². The molecular weight excluding hydrogens is 350 g/mol. The Morgan fingerprint density at radius 2 is 1.96 bits per heavy atom. The molecule has 7 heteroatoms. The summed E-state index contributed by atoms with van der Waals surface area (Å²) in [5.41, 5.74) is 2.64. The summed E-state index contributed by atoms with van der Waals surface area (Å²) in [6.45, 7) is 3.08. The highest BCUT2D eigenvalue weighted by Crippen LogP contribution is 2.31. The first-order valence-electron chi connectivity index (χ1n) is 8.78. The summed E-state index contributed by atoms with van der Waals surface area (Å²) in [5, 5.41) is -0.464. The van der Waals surface area contributed by atoms with Gasteiger partial charge in [-0.25, -0.2) is 13.4 Å². The SMILES string of the molecule is CC1CN(c2ncccc2C(=O)N2CCc3ccccc32)CCS1(=O)=O. The van der Waals surface area contributed by atoms with Gasteiger partial charge in [-0.2, -0.15) is 0 Å². The first-order chi connectivity index (χ1) is 12.5. The molecule has 0 aliphatic carbocycles. The van der Waals surface area contributed by atoms with Gasteiger partial charge in [-0.3, -0.25) is 4.79 Å². The number of amides is 1. The number of sulfone groups is 1. The largest absolute Gasteiger partial charge is 0.354 e. The Labute approximate surface area is 153 Å². The molecule has 1 fully saturated rings. The third-order valence-electron chi connectivity index (χ3n) is 5.19. The van der Waals surface area contributed by atoms with Crippen molar-refractivity contribution < 1.29 is 13.2 Å². The number of hydrogen-bond donors (Lipinski definition) is 0. The monoisotopic (exact) mass is 371 g/mol. The summed E-state index contributed by atoms with van der Waals surface area (Å²) < 4.78 is 24.0. The highest BCUT2D eigenvalue weighted by molar-refractivity contribution is 7.92. The van der Waals surface area contributed by atoms with Crippen LogP contribution in [0.15, 0.2) is 42.6 Å². The molecule has 2 aliphatic rings. The average molecular weight is 371 g/mol. The molecule has 0 radical (unpaired) electrons. The van der Waals surface area contributed by atoms with Crippen LogP contribution in [-0.4, -0.2) is 49.9 Å². The van der Waals surface area contributed by atoms with Crippen molar-refractivity contribution in [2.45, 2.75) is 18.6 Å². The maximum absolute atomic E-state index is 13.2. The Hall–Kier alpha value is -2.41. The summed E-state index contributed by atoms with van der Waals surface area (Å²) in [6.07, 6.45) is 2.49. The molecule has 136 valence electrons. The van der Waals surface area contributed by atoms with Crippen LogP contribution in [-0.2, 0) is 16.3 Å². The fourth-order valence-corrected chi connectivity index (χ4v) is 4.94. The number of para-hydroxylation sites is 1. The van der Waals surface area contributed by atoms with Gasteiger partial charge in [-0.05, 0) is 37.1 Å². The minimum atomic E-state index is -3.06. The van der Waals surface area contributed by atoms with Crippen molar-refractivity contribution >= 4 is 27.2 Å². The van der Waals surface area contributed by atoms with E-state index in [0.717, 1.165) is 12.1 Å². The number of fused-ring (bicyclic) bond motifs is 1. The number of hydrogen-bond acceptors (Lipinski definition) is 5. The Morgan fingerprint density at radius 1 is 1.15 bits per heavy atom. The number of anilines is 2. The fraction of sp³-hybridized carbons (Fsp3) is 0.368. The van der Waals surface area contributed by atoms with E-state index in [-0.39, 0.29) is 11.7 Å². The molecule has 1 aromatic heterocycles. The van der Waals surface area contributed by atoms with Crippen molar-refractivity contribution in [2.24, 2.45) is 0 Å². The highest BCUT2D eigenvalue weighted by Gasteiger charge is 2.33. The molecule has 1 aromatic carbocycles. The standard InChI is InChI=1S/C19H21N3O3S/c1-14-13-21(11-12-26(14,24)25)18-16(6-4-9-20-18)19(23)22-10-8-15-5-2-3-7-17(15)22/h2-7,9,14H,8,10-13H2,1H3. The summed E-state index contributed by atoms with van der Waals surface area (Å²) >= 11 is 0. The third kappa shape index (κ3) is 2.86. The summed E-state index contributed by atoms with van der Waals surface area (Å²) in [4.78, 5) is 21.3. The number of rotatable bonds is 2. The number of benzene rings is 1. The molecule has 4 rings (SSSR count). The number of nitrogens with zero attached hydrogens (tertiary/aromatic N) is 3. The second-order valence-corrected chi connectivity index (χ2v) is 9.37. The van der Waals surface area contributed by atoms with Gasteiger partial charge in [0.1, 0.15) is 5.82 Å². The molecule has 26 heavy (non-hydrogen) atoms. The van der Waals surface area contributed by atoms with Gasteiger partial charge in [-0.1, -0.05) is 18.2 Å². The van der Waals surface area contributed by atoms with Crippen LogP contribution in [0.2, 0.25) is 0 Å². The summed E-state index contributed by atoms with van der Waals surface area (Å²) in [7, 11) is -3.06. The van der Waals surface area contributed by atoms with Crippen LogP contribution in [0.5, 0.6) is 0 Å². The molecule has 6 nitrogen and oxygen atoms in total. The number of carbonyl (C=O) groups is 1. The van der Waals surface area contributed by atoms with Crippen LogP contribution in [0.4, 0.5) is 11.5 Å². The molecule has 0 spiro atoms. The van der Waals surface area contributed by atoms with Gasteiger partial charge in [0.25, 0.3) is 5.91 Å². The van der Waals surface area contributed by atoms with Crippen molar-refractivity contribution in [3.8, 4) is 0 Å². The average Bonchev–Trinajstić information content (AvgIpc) is 3.07. The lowest BCUT2D eigenvalue weighted by Gasteiger charge is -2.33. The van der Waals surface area contributed by atoms with E-state index in [4.69, 9.17) is 0 Å². The van der Waals surface area contributed by atoms with Crippen LogP contribution in [0.1, 0.15) is 22.8 Å². The second kappa shape index (κ2) is 6.39. The third-order valence-corrected chi connectivity index (χ3v) is 7.31. The molecule has 0 saturated carbocycles. The molecule has 2 aromatic rings.